The van der Waals surface area contributed by atoms with Crippen molar-refractivity contribution in [2.75, 3.05) is 5.32 Å². The van der Waals surface area contributed by atoms with Crippen LogP contribution in [-0.2, 0) is 34.9 Å². The molecule has 0 saturated carbocycles. The standard InChI is InChI=1S/C27H18F6N2O5S/c28-26(29,30)17-8-15(9-18(12-17)27(31,32)33)10-22(37)34-19-6-4-14(5-7-19)13-35-24(39)21(41-25(35)40)11-16-2-1-3-20(36)23(16)38/h1-9,11-12,36,38H,10,13H2,(H,34,37). The molecule has 3 N–H and O–H groups in total. The monoisotopic (exact) mass is 596 g/mol. The first-order valence-corrected chi connectivity index (χ1v) is 12.4. The average molecular weight is 597 g/mol. The quantitative estimate of drug-likeness (QED) is 0.169. The van der Waals surface area contributed by atoms with Crippen LogP contribution in [0.15, 0.2) is 65.6 Å². The highest BCUT2D eigenvalue weighted by Crippen LogP contribution is 2.38. The number of aromatic hydroxyl groups is 2. The Labute approximate surface area is 232 Å². The number of imide groups is 1. The molecule has 0 spiro atoms. The number of carbonyl (C=O) groups is 3. The van der Waals surface area contributed by atoms with E-state index in [0.29, 0.717) is 29.5 Å². The third kappa shape index (κ3) is 7.01. The molecule has 7 nitrogen and oxygen atoms in total. The van der Waals surface area contributed by atoms with E-state index >= 15 is 0 Å². The number of alkyl halides is 6. The highest BCUT2D eigenvalue weighted by Gasteiger charge is 2.37. The zero-order chi connectivity index (χ0) is 30.1. The fourth-order valence-corrected chi connectivity index (χ4v) is 4.66. The maximum absolute atomic E-state index is 13.1. The van der Waals surface area contributed by atoms with Crippen LogP contribution >= 0.6 is 11.8 Å². The number of anilines is 1. The Morgan fingerprint density at radius 1 is 0.878 bits per heavy atom. The van der Waals surface area contributed by atoms with E-state index in [1.54, 1.807) is 0 Å². The van der Waals surface area contributed by atoms with Gasteiger partial charge in [0.2, 0.25) is 5.91 Å². The number of hydrogen-bond donors (Lipinski definition) is 3. The molecular weight excluding hydrogens is 578 g/mol. The molecule has 3 amide bonds. The molecule has 0 unspecified atom stereocenters. The smallest absolute Gasteiger partial charge is 0.416 e. The van der Waals surface area contributed by atoms with Crippen molar-refractivity contribution in [3.8, 4) is 11.5 Å². The number of hydrogen-bond acceptors (Lipinski definition) is 6. The number of phenols is 2. The van der Waals surface area contributed by atoms with Gasteiger partial charge < -0.3 is 15.5 Å². The molecule has 0 radical (unpaired) electrons. The summed E-state index contributed by atoms with van der Waals surface area (Å²) in [6.07, 6.45) is -9.57. The molecule has 41 heavy (non-hydrogen) atoms. The number of amides is 3. The van der Waals surface area contributed by atoms with Crippen LogP contribution in [0.3, 0.4) is 0 Å². The highest BCUT2D eigenvalue weighted by molar-refractivity contribution is 8.18. The molecule has 1 aliphatic heterocycles. The molecule has 0 aromatic heterocycles. The second-order valence-corrected chi connectivity index (χ2v) is 9.81. The van der Waals surface area contributed by atoms with Gasteiger partial charge in [-0.15, -0.1) is 0 Å². The van der Waals surface area contributed by atoms with Crippen molar-refractivity contribution in [3.05, 3.63) is 93.4 Å². The summed E-state index contributed by atoms with van der Waals surface area (Å²) in [4.78, 5) is 38.5. The van der Waals surface area contributed by atoms with Gasteiger partial charge in [-0.25, -0.2) is 0 Å². The normalized spacial score (nSPS) is 15.1. The van der Waals surface area contributed by atoms with E-state index in [1.165, 1.54) is 48.5 Å². The molecule has 4 rings (SSSR count). The van der Waals surface area contributed by atoms with Crippen molar-refractivity contribution in [3.63, 3.8) is 0 Å². The molecule has 3 aromatic rings. The van der Waals surface area contributed by atoms with Crippen molar-refractivity contribution in [1.82, 2.24) is 4.90 Å². The first-order chi connectivity index (χ1) is 19.1. The molecule has 214 valence electrons. The van der Waals surface area contributed by atoms with Crippen LogP contribution in [0.2, 0.25) is 0 Å². The number of carbonyl (C=O) groups excluding carboxylic acids is 3. The number of nitrogens with one attached hydrogen (secondary N) is 1. The molecule has 0 atom stereocenters. The summed E-state index contributed by atoms with van der Waals surface area (Å²) in [5.74, 6) is -2.35. The number of phenolic OH excluding ortho intramolecular Hbond substituents is 2. The van der Waals surface area contributed by atoms with Crippen molar-refractivity contribution in [2.45, 2.75) is 25.3 Å². The Hall–Kier alpha value is -4.46. The van der Waals surface area contributed by atoms with Gasteiger partial charge in [-0.2, -0.15) is 26.3 Å². The topological polar surface area (TPSA) is 107 Å². The zero-order valence-corrected chi connectivity index (χ0v) is 21.3. The largest absolute Gasteiger partial charge is 0.504 e. The number of para-hydroxylation sites is 1. The molecule has 0 bridgehead atoms. The van der Waals surface area contributed by atoms with E-state index in [-0.39, 0.29) is 28.8 Å². The molecule has 3 aromatic carbocycles. The lowest BCUT2D eigenvalue weighted by Gasteiger charge is -2.15. The van der Waals surface area contributed by atoms with Gasteiger partial charge in [0.05, 0.1) is 29.0 Å². The molecule has 1 saturated heterocycles. The Kier molecular flexibility index (Phi) is 8.06. The number of nitrogens with zero attached hydrogens (tertiary/aromatic N) is 1. The van der Waals surface area contributed by atoms with Gasteiger partial charge in [-0.05, 0) is 65.4 Å². The predicted molar refractivity (Wildman–Crippen MR) is 137 cm³/mol. The van der Waals surface area contributed by atoms with Crippen molar-refractivity contribution in [2.24, 2.45) is 0 Å². The van der Waals surface area contributed by atoms with E-state index in [9.17, 15) is 50.9 Å². The second kappa shape index (κ2) is 11.2. The number of benzene rings is 3. The van der Waals surface area contributed by atoms with Crippen molar-refractivity contribution < 1.29 is 50.9 Å². The molecule has 14 heteroatoms. The van der Waals surface area contributed by atoms with Crippen molar-refractivity contribution in [1.29, 1.82) is 0 Å². The number of rotatable bonds is 6. The van der Waals surface area contributed by atoms with Gasteiger partial charge in [0.1, 0.15) is 0 Å². The Morgan fingerprint density at radius 2 is 1.49 bits per heavy atom. The van der Waals surface area contributed by atoms with Crippen LogP contribution in [0, 0.1) is 0 Å². The first kappa shape index (κ1) is 29.5. The Balaban J connectivity index is 1.42. The van der Waals surface area contributed by atoms with E-state index in [2.05, 4.69) is 5.32 Å². The second-order valence-electron chi connectivity index (χ2n) is 8.82. The van der Waals surface area contributed by atoms with E-state index in [0.717, 1.165) is 4.90 Å². The lowest BCUT2D eigenvalue weighted by molar-refractivity contribution is -0.143. The van der Waals surface area contributed by atoms with Crippen LogP contribution in [0.5, 0.6) is 11.5 Å². The van der Waals surface area contributed by atoms with Crippen LogP contribution in [0.25, 0.3) is 6.08 Å². The SMILES string of the molecule is O=C(Cc1cc(C(F)(F)F)cc(C(F)(F)F)c1)Nc1ccc(CN2C(=O)SC(=Cc3cccc(O)c3O)C2=O)cc1. The van der Waals surface area contributed by atoms with Gasteiger partial charge >= 0.3 is 12.4 Å². The van der Waals surface area contributed by atoms with E-state index < -0.39 is 64.0 Å². The van der Waals surface area contributed by atoms with Crippen LogP contribution < -0.4 is 5.32 Å². The number of halogens is 6. The lowest BCUT2D eigenvalue weighted by atomic mass is 10.0. The molecule has 1 heterocycles. The predicted octanol–water partition coefficient (Wildman–Crippen LogP) is 6.55. The third-order valence-corrected chi connectivity index (χ3v) is 6.70. The van der Waals surface area contributed by atoms with E-state index in [4.69, 9.17) is 0 Å². The molecular formula is C27H18F6N2O5S. The third-order valence-electron chi connectivity index (χ3n) is 5.80. The maximum atomic E-state index is 13.1. The average Bonchev–Trinajstić information content (AvgIpc) is 3.14. The van der Waals surface area contributed by atoms with E-state index in [1.807, 2.05) is 0 Å². The minimum atomic E-state index is -5.04. The van der Waals surface area contributed by atoms with Crippen molar-refractivity contribution >= 4 is 40.6 Å². The number of thioether (sulfide) groups is 1. The van der Waals surface area contributed by atoms with Gasteiger partial charge in [0.25, 0.3) is 11.1 Å². The van der Waals surface area contributed by atoms with Gasteiger partial charge in [-0.1, -0.05) is 24.3 Å². The summed E-state index contributed by atoms with van der Waals surface area (Å²) in [5, 5.41) is 21.3. The maximum Gasteiger partial charge on any atom is 0.416 e. The fourth-order valence-electron chi connectivity index (χ4n) is 3.83. The van der Waals surface area contributed by atoms with Gasteiger partial charge in [-0.3, -0.25) is 19.3 Å². The highest BCUT2D eigenvalue weighted by atomic mass is 32.2. The zero-order valence-electron chi connectivity index (χ0n) is 20.5. The first-order valence-electron chi connectivity index (χ1n) is 11.6. The summed E-state index contributed by atoms with van der Waals surface area (Å²) in [6.45, 7) is -0.146. The summed E-state index contributed by atoms with van der Waals surface area (Å²) in [5.41, 5.74) is -2.75. The summed E-state index contributed by atoms with van der Waals surface area (Å²) in [6, 6.07) is 10.8. The lowest BCUT2D eigenvalue weighted by Crippen LogP contribution is -2.27. The fraction of sp³-hybridized carbons (Fsp3) is 0.148. The van der Waals surface area contributed by atoms with Crippen LogP contribution in [0.4, 0.5) is 36.8 Å². The Bertz CT molecular complexity index is 1520. The van der Waals surface area contributed by atoms with Crippen LogP contribution in [-0.4, -0.2) is 32.2 Å². The van der Waals surface area contributed by atoms with Gasteiger partial charge in [0.15, 0.2) is 11.5 Å². The molecule has 0 aliphatic carbocycles. The molecule has 1 fully saturated rings. The van der Waals surface area contributed by atoms with Gasteiger partial charge in [0, 0.05) is 11.3 Å². The summed E-state index contributed by atoms with van der Waals surface area (Å²) < 4.78 is 78.4. The Morgan fingerprint density at radius 3 is 2.07 bits per heavy atom. The summed E-state index contributed by atoms with van der Waals surface area (Å²) >= 11 is 0.636. The minimum absolute atomic E-state index is 0.0167. The molecule has 1 aliphatic rings. The summed E-state index contributed by atoms with van der Waals surface area (Å²) in [7, 11) is 0. The minimum Gasteiger partial charge on any atom is -0.504 e. The van der Waals surface area contributed by atoms with Crippen LogP contribution in [0.1, 0.15) is 27.8 Å².